The molecule has 1 aliphatic carbocycles. The zero-order chi connectivity index (χ0) is 8.97. The van der Waals surface area contributed by atoms with Crippen LogP contribution in [-0.2, 0) is 0 Å². The van der Waals surface area contributed by atoms with Gasteiger partial charge in [0.15, 0.2) is 0 Å². The molecule has 0 spiro atoms. The summed E-state index contributed by atoms with van der Waals surface area (Å²) in [7, 11) is 3.93. The lowest BCUT2D eigenvalue weighted by Crippen LogP contribution is -2.23. The Morgan fingerprint density at radius 3 is 2.42 bits per heavy atom. The molecular formula is C11H21Si. The van der Waals surface area contributed by atoms with Crippen molar-refractivity contribution in [2.75, 3.05) is 0 Å². The van der Waals surface area contributed by atoms with Crippen molar-refractivity contribution in [1.29, 1.82) is 0 Å². The van der Waals surface area contributed by atoms with Crippen molar-refractivity contribution in [1.82, 2.24) is 0 Å². The number of rotatable bonds is 3. The fraction of sp³-hybridized carbons (Fsp3) is 1.00. The third-order valence-corrected chi connectivity index (χ3v) is 4.29. The van der Waals surface area contributed by atoms with E-state index >= 15 is 0 Å². The molecule has 12 heavy (non-hydrogen) atoms. The summed E-state index contributed by atoms with van der Waals surface area (Å²) in [6.45, 7) is 4.63. The summed E-state index contributed by atoms with van der Waals surface area (Å²) in [6, 6.07) is 0. The van der Waals surface area contributed by atoms with Crippen LogP contribution < -0.4 is 0 Å². The van der Waals surface area contributed by atoms with Gasteiger partial charge >= 0.3 is 0 Å². The zero-order valence-electron chi connectivity index (χ0n) is 8.47. The van der Waals surface area contributed by atoms with Gasteiger partial charge in [0.1, 0.15) is 0 Å². The van der Waals surface area contributed by atoms with Gasteiger partial charge in [-0.1, -0.05) is 52.4 Å². The standard InChI is InChI=1S/C11H21Si/c1-3-6-10-8-5-7-9(4-2)11(10)12/h9-11H,3-8H2,1-2H3. The second-order valence-electron chi connectivity index (χ2n) is 4.17. The molecule has 0 heterocycles. The van der Waals surface area contributed by atoms with Crippen LogP contribution in [0.4, 0.5) is 0 Å². The van der Waals surface area contributed by atoms with Gasteiger partial charge in [0.05, 0.1) is 0 Å². The molecule has 0 aliphatic heterocycles. The fourth-order valence-electron chi connectivity index (χ4n) is 2.54. The lowest BCUT2D eigenvalue weighted by molar-refractivity contribution is 0.249. The molecule has 0 N–H and O–H groups in total. The highest BCUT2D eigenvalue weighted by Gasteiger charge is 2.27. The van der Waals surface area contributed by atoms with Gasteiger partial charge in [-0.15, -0.1) is 0 Å². The largest absolute Gasteiger partial charge is 0.0654 e. The summed E-state index contributed by atoms with van der Waals surface area (Å²) in [4.78, 5) is 0. The van der Waals surface area contributed by atoms with Gasteiger partial charge < -0.3 is 0 Å². The van der Waals surface area contributed by atoms with Crippen molar-refractivity contribution in [3.8, 4) is 0 Å². The maximum Gasteiger partial charge on any atom is 0.0273 e. The second kappa shape index (κ2) is 5.06. The first kappa shape index (κ1) is 10.3. The van der Waals surface area contributed by atoms with Crippen LogP contribution in [0.25, 0.3) is 0 Å². The summed E-state index contributed by atoms with van der Waals surface area (Å²) in [5, 5.41) is 0. The Kier molecular flexibility index (Phi) is 4.34. The SMILES string of the molecule is CCCC1CCCC(CC)C1[Si]. The van der Waals surface area contributed by atoms with Crippen molar-refractivity contribution in [3.63, 3.8) is 0 Å². The molecule has 3 atom stereocenters. The minimum Gasteiger partial charge on any atom is -0.0654 e. The predicted molar refractivity (Wildman–Crippen MR) is 55.5 cm³/mol. The van der Waals surface area contributed by atoms with Gasteiger partial charge in [0.25, 0.3) is 0 Å². The topological polar surface area (TPSA) is 0 Å². The molecule has 3 unspecified atom stereocenters. The second-order valence-corrected chi connectivity index (χ2v) is 4.84. The summed E-state index contributed by atoms with van der Waals surface area (Å²) in [6.07, 6.45) is 8.49. The van der Waals surface area contributed by atoms with E-state index in [2.05, 4.69) is 24.1 Å². The van der Waals surface area contributed by atoms with Crippen LogP contribution in [0.5, 0.6) is 0 Å². The van der Waals surface area contributed by atoms with E-state index in [-0.39, 0.29) is 0 Å². The predicted octanol–water partition coefficient (Wildman–Crippen LogP) is 3.57. The summed E-state index contributed by atoms with van der Waals surface area (Å²) >= 11 is 0. The molecule has 1 saturated carbocycles. The van der Waals surface area contributed by atoms with Crippen molar-refractivity contribution >= 4 is 10.2 Å². The van der Waals surface area contributed by atoms with Crippen LogP contribution in [0.1, 0.15) is 52.4 Å². The van der Waals surface area contributed by atoms with Crippen molar-refractivity contribution in [2.45, 2.75) is 57.9 Å². The van der Waals surface area contributed by atoms with Crippen LogP contribution in [-0.4, -0.2) is 10.2 Å². The molecule has 0 saturated heterocycles. The van der Waals surface area contributed by atoms with Crippen LogP contribution >= 0.6 is 0 Å². The molecule has 1 aliphatic rings. The maximum atomic E-state index is 3.93. The zero-order valence-corrected chi connectivity index (χ0v) is 9.47. The van der Waals surface area contributed by atoms with E-state index in [9.17, 15) is 0 Å². The first-order chi connectivity index (χ1) is 5.79. The Labute approximate surface area is 80.6 Å². The Balaban J connectivity index is 2.41. The lowest BCUT2D eigenvalue weighted by Gasteiger charge is -2.35. The first-order valence-corrected chi connectivity index (χ1v) is 6.08. The molecule has 69 valence electrons. The lowest BCUT2D eigenvalue weighted by atomic mass is 9.77. The van der Waals surface area contributed by atoms with Gasteiger partial charge in [-0.3, -0.25) is 0 Å². The van der Waals surface area contributed by atoms with E-state index in [0.29, 0.717) is 0 Å². The van der Waals surface area contributed by atoms with Crippen LogP contribution in [0.15, 0.2) is 0 Å². The van der Waals surface area contributed by atoms with Gasteiger partial charge in [-0.2, -0.15) is 0 Å². The Morgan fingerprint density at radius 1 is 1.17 bits per heavy atom. The van der Waals surface area contributed by atoms with E-state index in [4.69, 9.17) is 0 Å². The molecule has 0 aromatic carbocycles. The quantitative estimate of drug-likeness (QED) is 0.584. The van der Waals surface area contributed by atoms with Gasteiger partial charge in [-0.25, -0.2) is 0 Å². The van der Waals surface area contributed by atoms with Crippen molar-refractivity contribution in [2.24, 2.45) is 11.8 Å². The third kappa shape index (κ3) is 2.35. The minimum absolute atomic E-state index is 0.809. The van der Waals surface area contributed by atoms with E-state index < -0.39 is 0 Å². The molecule has 0 bridgehead atoms. The monoisotopic (exact) mass is 181 g/mol. The smallest absolute Gasteiger partial charge is 0.0273 e. The fourth-order valence-corrected chi connectivity index (χ4v) is 3.27. The Hall–Kier alpha value is 0.217. The number of hydrogen-bond donors (Lipinski definition) is 0. The molecule has 1 heteroatoms. The number of hydrogen-bond acceptors (Lipinski definition) is 0. The van der Waals surface area contributed by atoms with Crippen LogP contribution in [0, 0.1) is 11.8 Å². The Bertz CT molecular complexity index is 120. The molecule has 0 aromatic heterocycles. The van der Waals surface area contributed by atoms with Crippen LogP contribution in [0.2, 0.25) is 5.54 Å². The first-order valence-electron chi connectivity index (χ1n) is 5.50. The van der Waals surface area contributed by atoms with E-state index in [0.717, 1.165) is 17.4 Å². The van der Waals surface area contributed by atoms with Crippen molar-refractivity contribution in [3.05, 3.63) is 0 Å². The molecule has 1 fully saturated rings. The molecule has 0 amide bonds. The van der Waals surface area contributed by atoms with E-state index in [1.807, 2.05) is 0 Å². The molecule has 0 aromatic rings. The molecular weight excluding hydrogens is 160 g/mol. The molecule has 1 rings (SSSR count). The van der Waals surface area contributed by atoms with Gasteiger partial charge in [-0.05, 0) is 17.4 Å². The highest BCUT2D eigenvalue weighted by molar-refractivity contribution is 6.12. The summed E-state index contributed by atoms with van der Waals surface area (Å²) in [5.74, 6) is 1.91. The highest BCUT2D eigenvalue weighted by atomic mass is 28.1. The van der Waals surface area contributed by atoms with Crippen molar-refractivity contribution < 1.29 is 0 Å². The minimum atomic E-state index is 0.809. The van der Waals surface area contributed by atoms with E-state index in [1.54, 1.807) is 0 Å². The molecule has 0 nitrogen and oxygen atoms in total. The highest BCUT2D eigenvalue weighted by Crippen LogP contribution is 2.40. The Morgan fingerprint density at radius 2 is 1.83 bits per heavy atom. The third-order valence-electron chi connectivity index (χ3n) is 3.35. The van der Waals surface area contributed by atoms with Gasteiger partial charge in [0, 0.05) is 10.2 Å². The molecule has 3 radical (unpaired) electrons. The maximum absolute atomic E-state index is 3.93. The average molecular weight is 181 g/mol. The average Bonchev–Trinajstić information content (AvgIpc) is 2.09. The van der Waals surface area contributed by atoms with Crippen LogP contribution in [0.3, 0.4) is 0 Å². The normalized spacial score (nSPS) is 36.8. The van der Waals surface area contributed by atoms with Gasteiger partial charge in [0.2, 0.25) is 0 Å². The summed E-state index contributed by atoms with van der Waals surface area (Å²) < 4.78 is 0. The summed E-state index contributed by atoms with van der Waals surface area (Å²) in [5.41, 5.74) is 0.809. The van der Waals surface area contributed by atoms with E-state index in [1.165, 1.54) is 38.5 Å².